The van der Waals surface area contributed by atoms with E-state index in [-0.39, 0.29) is 23.9 Å². The summed E-state index contributed by atoms with van der Waals surface area (Å²) in [6.07, 6.45) is 2.75. The van der Waals surface area contributed by atoms with Gasteiger partial charge in [-0.15, -0.1) is 11.3 Å². The lowest BCUT2D eigenvalue weighted by Gasteiger charge is -2.31. The first-order valence-electron chi connectivity index (χ1n) is 13.8. The van der Waals surface area contributed by atoms with E-state index in [4.69, 9.17) is 4.98 Å². The standard InChI is InChI=1S/C30H33F3N4O2S/c1-36(23-7-3-2-4-8-23)28(38)26-19-40-27(34-26)21-15-17-37(18-16-21)29(39)35-25-10-6-5-9-24(25)20-11-13-22(14-12-20)30(31,32)33/h5-6,9-14,19,21,23H,2-4,7-8,15-18H2,1H3,(H,35,39). The molecule has 1 saturated heterocycles. The molecule has 1 N–H and O–H groups in total. The zero-order valence-electron chi connectivity index (χ0n) is 22.4. The normalized spacial score (nSPS) is 17.1. The van der Waals surface area contributed by atoms with Crippen molar-refractivity contribution in [2.75, 3.05) is 25.5 Å². The molecule has 3 aromatic rings. The van der Waals surface area contributed by atoms with Gasteiger partial charge in [-0.2, -0.15) is 13.2 Å². The Balaban J connectivity index is 1.18. The van der Waals surface area contributed by atoms with E-state index < -0.39 is 11.7 Å². The Morgan fingerprint density at radius 1 is 0.975 bits per heavy atom. The Morgan fingerprint density at radius 3 is 2.33 bits per heavy atom. The number of thiazole rings is 1. The van der Waals surface area contributed by atoms with Crippen LogP contribution in [0, 0.1) is 0 Å². The molecule has 1 saturated carbocycles. The van der Waals surface area contributed by atoms with E-state index in [2.05, 4.69) is 5.32 Å². The van der Waals surface area contributed by atoms with Gasteiger partial charge in [0.15, 0.2) is 0 Å². The summed E-state index contributed by atoms with van der Waals surface area (Å²) in [5, 5.41) is 5.74. The van der Waals surface area contributed by atoms with Crippen molar-refractivity contribution in [3.05, 3.63) is 70.2 Å². The molecule has 6 nitrogen and oxygen atoms in total. The number of urea groups is 1. The first kappa shape index (κ1) is 28.1. The Labute approximate surface area is 236 Å². The number of para-hydroxylation sites is 1. The van der Waals surface area contributed by atoms with Crippen molar-refractivity contribution in [1.82, 2.24) is 14.8 Å². The minimum atomic E-state index is -4.40. The maximum Gasteiger partial charge on any atom is 0.416 e. The van der Waals surface area contributed by atoms with E-state index in [1.54, 1.807) is 29.2 Å². The zero-order chi connectivity index (χ0) is 28.3. The number of hydrogen-bond donors (Lipinski definition) is 1. The quantitative estimate of drug-likeness (QED) is 0.343. The number of hydrogen-bond acceptors (Lipinski definition) is 4. The van der Waals surface area contributed by atoms with Gasteiger partial charge in [0, 0.05) is 43.0 Å². The molecule has 212 valence electrons. The number of benzene rings is 2. The average molecular weight is 571 g/mol. The van der Waals surface area contributed by atoms with Crippen LogP contribution in [0.5, 0.6) is 0 Å². The first-order valence-corrected chi connectivity index (χ1v) is 14.6. The lowest BCUT2D eigenvalue weighted by Crippen LogP contribution is -2.40. The fourth-order valence-corrected chi connectivity index (χ4v) is 6.56. The first-order chi connectivity index (χ1) is 19.2. The minimum absolute atomic E-state index is 0.0158. The van der Waals surface area contributed by atoms with E-state index >= 15 is 0 Å². The number of carbonyl (C=O) groups is 2. The molecule has 0 unspecified atom stereocenters. The fourth-order valence-electron chi connectivity index (χ4n) is 5.59. The summed E-state index contributed by atoms with van der Waals surface area (Å²) >= 11 is 1.51. The fraction of sp³-hybridized carbons (Fsp3) is 0.433. The van der Waals surface area contributed by atoms with Crippen molar-refractivity contribution in [3.8, 4) is 11.1 Å². The second-order valence-corrected chi connectivity index (χ2v) is 11.5. The van der Waals surface area contributed by atoms with E-state index in [9.17, 15) is 22.8 Å². The summed E-state index contributed by atoms with van der Waals surface area (Å²) in [4.78, 5) is 34.4. The monoisotopic (exact) mass is 570 g/mol. The van der Waals surface area contributed by atoms with Gasteiger partial charge in [-0.3, -0.25) is 4.79 Å². The minimum Gasteiger partial charge on any atom is -0.337 e. The van der Waals surface area contributed by atoms with Gasteiger partial charge in [-0.25, -0.2) is 9.78 Å². The van der Waals surface area contributed by atoms with E-state index in [0.717, 1.165) is 55.7 Å². The van der Waals surface area contributed by atoms with Gasteiger partial charge in [-0.1, -0.05) is 49.6 Å². The Morgan fingerprint density at radius 2 is 1.65 bits per heavy atom. The second kappa shape index (κ2) is 12.0. The number of nitrogens with zero attached hydrogens (tertiary/aromatic N) is 3. The number of anilines is 1. The topological polar surface area (TPSA) is 65.5 Å². The molecule has 0 spiro atoms. The molecule has 2 aliphatic rings. The van der Waals surface area contributed by atoms with Gasteiger partial charge in [-0.05, 0) is 49.4 Å². The van der Waals surface area contributed by atoms with Crippen LogP contribution in [0.2, 0.25) is 0 Å². The SMILES string of the molecule is CN(C(=O)c1csc(C2CCN(C(=O)Nc3ccccc3-c3ccc(C(F)(F)F)cc3)CC2)n1)C1CCCCC1. The summed E-state index contributed by atoms with van der Waals surface area (Å²) in [7, 11) is 1.88. The molecule has 5 rings (SSSR count). The van der Waals surface area contributed by atoms with Crippen LogP contribution in [-0.2, 0) is 6.18 Å². The molecule has 1 aliphatic carbocycles. The zero-order valence-corrected chi connectivity index (χ0v) is 23.2. The smallest absolute Gasteiger partial charge is 0.337 e. The predicted octanol–water partition coefficient (Wildman–Crippen LogP) is 7.65. The van der Waals surface area contributed by atoms with Gasteiger partial charge in [0.1, 0.15) is 5.69 Å². The molecule has 2 fully saturated rings. The van der Waals surface area contributed by atoms with E-state index in [0.29, 0.717) is 35.6 Å². The van der Waals surface area contributed by atoms with Crippen molar-refractivity contribution in [2.45, 2.75) is 63.1 Å². The molecule has 2 aromatic carbocycles. The number of amides is 3. The molecule has 0 atom stereocenters. The van der Waals surface area contributed by atoms with Crippen LogP contribution >= 0.6 is 11.3 Å². The molecule has 0 radical (unpaired) electrons. The number of piperidine rings is 1. The van der Waals surface area contributed by atoms with Gasteiger partial charge < -0.3 is 15.1 Å². The van der Waals surface area contributed by atoms with Crippen molar-refractivity contribution in [3.63, 3.8) is 0 Å². The highest BCUT2D eigenvalue weighted by atomic mass is 32.1. The summed E-state index contributed by atoms with van der Waals surface area (Å²) in [6, 6.07) is 12.1. The highest BCUT2D eigenvalue weighted by Crippen LogP contribution is 2.34. The van der Waals surface area contributed by atoms with Crippen LogP contribution in [0.1, 0.15) is 71.9 Å². The molecular formula is C30H33F3N4O2S. The Bertz CT molecular complexity index is 1330. The maximum absolute atomic E-state index is 13.1. The highest BCUT2D eigenvalue weighted by Gasteiger charge is 2.31. The van der Waals surface area contributed by atoms with Crippen LogP contribution in [0.25, 0.3) is 11.1 Å². The number of halogens is 3. The van der Waals surface area contributed by atoms with Gasteiger partial charge in [0.25, 0.3) is 5.91 Å². The second-order valence-electron chi connectivity index (χ2n) is 10.6. The molecule has 40 heavy (non-hydrogen) atoms. The summed E-state index contributed by atoms with van der Waals surface area (Å²) in [5.74, 6) is 0.174. The van der Waals surface area contributed by atoms with Crippen LogP contribution in [-0.4, -0.2) is 52.9 Å². The number of nitrogens with one attached hydrogen (secondary N) is 1. The maximum atomic E-state index is 13.1. The van der Waals surface area contributed by atoms with Crippen molar-refractivity contribution < 1.29 is 22.8 Å². The van der Waals surface area contributed by atoms with Gasteiger partial charge in [0.05, 0.1) is 16.3 Å². The number of rotatable bonds is 5. The van der Waals surface area contributed by atoms with Gasteiger partial charge in [0.2, 0.25) is 0 Å². The number of aromatic nitrogens is 1. The summed E-state index contributed by atoms with van der Waals surface area (Å²) in [6.45, 7) is 1.09. The van der Waals surface area contributed by atoms with Crippen molar-refractivity contribution >= 4 is 29.0 Å². The number of likely N-dealkylation sites (tertiary alicyclic amines) is 1. The van der Waals surface area contributed by atoms with Crippen LogP contribution in [0.15, 0.2) is 53.9 Å². The van der Waals surface area contributed by atoms with Gasteiger partial charge >= 0.3 is 12.2 Å². The lowest BCUT2D eigenvalue weighted by atomic mass is 9.94. The molecule has 3 amide bonds. The van der Waals surface area contributed by atoms with Crippen LogP contribution in [0.4, 0.5) is 23.7 Å². The Hall–Kier alpha value is -3.40. The lowest BCUT2D eigenvalue weighted by molar-refractivity contribution is -0.137. The summed E-state index contributed by atoms with van der Waals surface area (Å²) in [5.41, 5.74) is 1.57. The van der Waals surface area contributed by atoms with Crippen LogP contribution in [0.3, 0.4) is 0 Å². The van der Waals surface area contributed by atoms with Crippen molar-refractivity contribution in [1.29, 1.82) is 0 Å². The molecular weight excluding hydrogens is 537 g/mol. The van der Waals surface area contributed by atoms with E-state index in [1.807, 2.05) is 17.3 Å². The highest BCUT2D eigenvalue weighted by molar-refractivity contribution is 7.09. The molecule has 0 bridgehead atoms. The average Bonchev–Trinajstić information content (AvgIpc) is 3.47. The molecule has 2 heterocycles. The largest absolute Gasteiger partial charge is 0.416 e. The Kier molecular flexibility index (Phi) is 8.44. The third-order valence-electron chi connectivity index (χ3n) is 8.01. The van der Waals surface area contributed by atoms with Crippen molar-refractivity contribution in [2.24, 2.45) is 0 Å². The molecule has 1 aliphatic heterocycles. The predicted molar refractivity (Wildman–Crippen MR) is 151 cm³/mol. The summed E-state index contributed by atoms with van der Waals surface area (Å²) < 4.78 is 38.9. The molecule has 10 heteroatoms. The molecule has 1 aromatic heterocycles. The number of carbonyl (C=O) groups excluding carboxylic acids is 2. The number of alkyl halides is 3. The van der Waals surface area contributed by atoms with Crippen LogP contribution < -0.4 is 5.32 Å². The van der Waals surface area contributed by atoms with E-state index in [1.165, 1.54) is 29.9 Å². The third-order valence-corrected chi connectivity index (χ3v) is 9.01. The third kappa shape index (κ3) is 6.32.